The van der Waals surface area contributed by atoms with Gasteiger partial charge in [0.05, 0.1) is 19.8 Å². The minimum atomic E-state index is -5.05. The standard InChI is InChI=1S/C38H74O12S/c1-3-5-7-9-11-13-15-16-18-20-22-24-26-28-46-30-32(48-34(40)27-25-23-21-19-17-14-12-10-8-6-4-2)31-47-38-36(42)37(50-51(43,44)45)35(41)33(29-39)49-38/h32-33,35-39,41-42H,3-31H2,1-2H3,(H,43,44,45). The Balaban J connectivity index is 2.48. The Morgan fingerprint density at radius 3 is 1.57 bits per heavy atom. The van der Waals surface area contributed by atoms with Crippen LogP contribution in [-0.4, -0.2) is 97.5 Å². The molecule has 0 bridgehead atoms. The maximum atomic E-state index is 12.7. The van der Waals surface area contributed by atoms with Crippen LogP contribution in [0.15, 0.2) is 0 Å². The van der Waals surface area contributed by atoms with Crippen molar-refractivity contribution in [3.8, 4) is 0 Å². The number of hydrogen-bond donors (Lipinski definition) is 4. The van der Waals surface area contributed by atoms with E-state index in [2.05, 4.69) is 18.0 Å². The number of aliphatic hydroxyl groups is 3. The van der Waals surface area contributed by atoms with E-state index >= 15 is 0 Å². The predicted molar refractivity (Wildman–Crippen MR) is 198 cm³/mol. The maximum absolute atomic E-state index is 12.7. The summed E-state index contributed by atoms with van der Waals surface area (Å²) in [5.74, 6) is -0.398. The predicted octanol–water partition coefficient (Wildman–Crippen LogP) is 7.35. The molecule has 6 unspecified atom stereocenters. The molecule has 1 rings (SSSR count). The normalized spacial score (nSPS) is 21.6. The molecule has 0 saturated carbocycles. The molecule has 1 aliphatic heterocycles. The van der Waals surface area contributed by atoms with E-state index in [0.717, 1.165) is 38.5 Å². The van der Waals surface area contributed by atoms with Crippen molar-refractivity contribution in [2.24, 2.45) is 0 Å². The second-order valence-corrected chi connectivity index (χ2v) is 15.3. The Morgan fingerprint density at radius 2 is 1.12 bits per heavy atom. The number of unbranched alkanes of at least 4 members (excludes halogenated alkanes) is 22. The smallest absolute Gasteiger partial charge is 0.397 e. The first-order valence-corrected chi connectivity index (χ1v) is 21.7. The highest BCUT2D eigenvalue weighted by molar-refractivity contribution is 7.80. The van der Waals surface area contributed by atoms with Gasteiger partial charge in [-0.1, -0.05) is 155 Å². The van der Waals surface area contributed by atoms with E-state index < -0.39 is 59.8 Å². The van der Waals surface area contributed by atoms with Crippen LogP contribution in [0.25, 0.3) is 0 Å². The van der Waals surface area contributed by atoms with Gasteiger partial charge in [-0.05, 0) is 12.8 Å². The Morgan fingerprint density at radius 1 is 0.667 bits per heavy atom. The minimum absolute atomic E-state index is 0.0437. The summed E-state index contributed by atoms with van der Waals surface area (Å²) in [6, 6.07) is 0. The lowest BCUT2D eigenvalue weighted by Gasteiger charge is -2.41. The molecule has 0 aromatic carbocycles. The van der Waals surface area contributed by atoms with Crippen molar-refractivity contribution in [3.63, 3.8) is 0 Å². The SMILES string of the molecule is CCCCCCCCCCCCCCCOCC(COC1OC(CO)C(O)C(OS(=O)(=O)O)C1O)OC(=O)CCCCCCCCCCCCC. The molecular formula is C38H74O12S. The van der Waals surface area contributed by atoms with Crippen molar-refractivity contribution in [1.29, 1.82) is 0 Å². The molecule has 0 aromatic rings. The fraction of sp³-hybridized carbons (Fsp3) is 0.974. The summed E-state index contributed by atoms with van der Waals surface area (Å²) in [6.07, 6.45) is 20.0. The van der Waals surface area contributed by atoms with Crippen molar-refractivity contribution >= 4 is 16.4 Å². The molecule has 1 heterocycles. The van der Waals surface area contributed by atoms with Gasteiger partial charge < -0.3 is 34.3 Å². The van der Waals surface area contributed by atoms with Crippen LogP contribution in [0.2, 0.25) is 0 Å². The summed E-state index contributed by atoms with van der Waals surface area (Å²) in [5.41, 5.74) is 0. The number of aliphatic hydroxyl groups excluding tert-OH is 3. The van der Waals surface area contributed by atoms with Gasteiger partial charge in [0.1, 0.15) is 30.5 Å². The summed E-state index contributed by atoms with van der Waals surface area (Å²) < 4.78 is 58.8. The molecule has 0 spiro atoms. The lowest BCUT2D eigenvalue weighted by molar-refractivity contribution is -0.301. The van der Waals surface area contributed by atoms with E-state index in [9.17, 15) is 28.5 Å². The number of rotatable bonds is 35. The minimum Gasteiger partial charge on any atom is -0.457 e. The monoisotopic (exact) mass is 754 g/mol. The van der Waals surface area contributed by atoms with Gasteiger partial charge in [-0.3, -0.25) is 9.35 Å². The van der Waals surface area contributed by atoms with Crippen molar-refractivity contribution in [2.75, 3.05) is 26.4 Å². The zero-order chi connectivity index (χ0) is 37.6. The quantitative estimate of drug-likeness (QED) is 0.0288. The van der Waals surface area contributed by atoms with Gasteiger partial charge in [-0.15, -0.1) is 0 Å². The van der Waals surface area contributed by atoms with E-state index in [1.54, 1.807) is 0 Å². The van der Waals surface area contributed by atoms with Gasteiger partial charge in [0.25, 0.3) is 0 Å². The van der Waals surface area contributed by atoms with Gasteiger partial charge in [0.15, 0.2) is 6.29 Å². The van der Waals surface area contributed by atoms with Crippen LogP contribution in [0.3, 0.4) is 0 Å². The highest BCUT2D eigenvalue weighted by Gasteiger charge is 2.48. The van der Waals surface area contributed by atoms with E-state index in [0.29, 0.717) is 13.0 Å². The molecule has 0 radical (unpaired) electrons. The zero-order valence-corrected chi connectivity index (χ0v) is 32.7. The Labute approximate surface area is 309 Å². The van der Waals surface area contributed by atoms with Crippen molar-refractivity contribution < 1.29 is 56.2 Å². The van der Waals surface area contributed by atoms with Gasteiger partial charge in [0, 0.05) is 13.0 Å². The summed E-state index contributed by atoms with van der Waals surface area (Å²) in [6.45, 7) is 3.99. The summed E-state index contributed by atoms with van der Waals surface area (Å²) in [5, 5.41) is 30.5. The Hall–Kier alpha value is -0.900. The van der Waals surface area contributed by atoms with E-state index in [1.165, 1.54) is 109 Å². The molecular weight excluding hydrogens is 680 g/mol. The fourth-order valence-electron chi connectivity index (χ4n) is 6.38. The molecule has 0 aliphatic carbocycles. The maximum Gasteiger partial charge on any atom is 0.397 e. The number of ether oxygens (including phenoxy) is 4. The third kappa shape index (κ3) is 25.7. The van der Waals surface area contributed by atoms with E-state index in [-0.39, 0.29) is 19.6 Å². The summed E-state index contributed by atoms with van der Waals surface area (Å²) in [7, 11) is -5.05. The molecule has 6 atom stereocenters. The molecule has 1 saturated heterocycles. The van der Waals surface area contributed by atoms with Crippen LogP contribution in [0.4, 0.5) is 0 Å². The molecule has 0 aromatic heterocycles. The van der Waals surface area contributed by atoms with Gasteiger partial charge in [-0.25, -0.2) is 4.18 Å². The van der Waals surface area contributed by atoms with Crippen molar-refractivity contribution in [1.82, 2.24) is 0 Å². The third-order valence-corrected chi connectivity index (χ3v) is 9.94. The molecule has 1 aliphatic rings. The zero-order valence-electron chi connectivity index (χ0n) is 31.9. The average molecular weight is 755 g/mol. The number of carbonyl (C=O) groups is 1. The van der Waals surface area contributed by atoms with Gasteiger partial charge >= 0.3 is 16.4 Å². The van der Waals surface area contributed by atoms with Crippen LogP contribution >= 0.6 is 0 Å². The molecule has 4 N–H and O–H groups in total. The van der Waals surface area contributed by atoms with Gasteiger partial charge in [0.2, 0.25) is 0 Å². The molecule has 1 fully saturated rings. The third-order valence-electron chi connectivity index (χ3n) is 9.48. The summed E-state index contributed by atoms with van der Waals surface area (Å²) in [4.78, 5) is 12.7. The second-order valence-electron chi connectivity index (χ2n) is 14.2. The van der Waals surface area contributed by atoms with Crippen LogP contribution in [0.1, 0.15) is 174 Å². The first-order chi connectivity index (χ1) is 24.6. The molecule has 13 heteroatoms. The number of carbonyl (C=O) groups excluding carboxylic acids is 1. The summed E-state index contributed by atoms with van der Waals surface area (Å²) >= 11 is 0. The first kappa shape index (κ1) is 48.1. The largest absolute Gasteiger partial charge is 0.457 e. The molecule has 0 amide bonds. The second kappa shape index (κ2) is 31.5. The highest BCUT2D eigenvalue weighted by Crippen LogP contribution is 2.26. The van der Waals surface area contributed by atoms with E-state index in [1.807, 2.05) is 0 Å². The van der Waals surface area contributed by atoms with E-state index in [4.69, 9.17) is 23.5 Å². The number of hydrogen-bond acceptors (Lipinski definition) is 11. The van der Waals surface area contributed by atoms with Crippen LogP contribution in [0.5, 0.6) is 0 Å². The van der Waals surface area contributed by atoms with Gasteiger partial charge in [-0.2, -0.15) is 8.42 Å². The van der Waals surface area contributed by atoms with Crippen LogP contribution < -0.4 is 0 Å². The Kier molecular flexibility index (Phi) is 29.7. The average Bonchev–Trinajstić information content (AvgIpc) is 3.09. The molecule has 51 heavy (non-hydrogen) atoms. The lowest BCUT2D eigenvalue weighted by Crippen LogP contribution is -2.60. The Bertz CT molecular complexity index is 921. The van der Waals surface area contributed by atoms with Crippen molar-refractivity contribution in [3.05, 3.63) is 0 Å². The first-order valence-electron chi connectivity index (χ1n) is 20.3. The topological polar surface area (TPSA) is 178 Å². The fourth-order valence-corrected chi connectivity index (χ4v) is 6.89. The van der Waals surface area contributed by atoms with Crippen LogP contribution in [-0.2, 0) is 38.3 Å². The van der Waals surface area contributed by atoms with Crippen molar-refractivity contribution in [2.45, 2.75) is 211 Å². The lowest BCUT2D eigenvalue weighted by atomic mass is 9.99. The molecule has 304 valence electrons. The highest BCUT2D eigenvalue weighted by atomic mass is 32.3. The van der Waals surface area contributed by atoms with Crippen LogP contribution in [0, 0.1) is 0 Å². The number of esters is 1. The molecule has 12 nitrogen and oxygen atoms in total.